The van der Waals surface area contributed by atoms with E-state index in [2.05, 4.69) is 0 Å². The average Bonchev–Trinajstić information content (AvgIpc) is 2.63. The molecule has 1 aliphatic rings. The van der Waals surface area contributed by atoms with E-state index in [0.717, 1.165) is 4.90 Å². The number of benzene rings is 1. The van der Waals surface area contributed by atoms with Crippen LogP contribution in [0.4, 0.5) is 13.2 Å². The van der Waals surface area contributed by atoms with E-state index in [-0.39, 0.29) is 13.1 Å². The van der Waals surface area contributed by atoms with Crippen molar-refractivity contribution in [3.63, 3.8) is 0 Å². The van der Waals surface area contributed by atoms with Gasteiger partial charge in [-0.3, -0.25) is 4.79 Å². The Bertz CT molecular complexity index is 441. The van der Waals surface area contributed by atoms with Gasteiger partial charge in [0.2, 0.25) is 0 Å². The molecule has 0 unspecified atom stereocenters. The number of halogens is 3. The van der Waals surface area contributed by atoms with Crippen molar-refractivity contribution in [1.82, 2.24) is 4.90 Å². The van der Waals surface area contributed by atoms with Gasteiger partial charge in [-0.15, -0.1) is 0 Å². The molecule has 2 rings (SSSR count). The minimum atomic E-state index is -1.23. The average molecular weight is 245 g/mol. The van der Waals surface area contributed by atoms with Gasteiger partial charge in [0.05, 0.1) is 6.10 Å². The molecule has 0 aliphatic carbocycles. The molecular formula is C11H10F3NO2. The third-order valence-electron chi connectivity index (χ3n) is 2.67. The molecule has 1 heterocycles. The fraction of sp³-hybridized carbons (Fsp3) is 0.364. The zero-order valence-corrected chi connectivity index (χ0v) is 8.79. The zero-order valence-electron chi connectivity index (χ0n) is 8.79. The number of β-amino-alcohol motifs (C(OH)–C–C–N with tert-alkyl or cyclic N) is 1. The summed E-state index contributed by atoms with van der Waals surface area (Å²) in [6.45, 7) is 0.269. The molecule has 92 valence electrons. The van der Waals surface area contributed by atoms with E-state index in [9.17, 15) is 23.1 Å². The van der Waals surface area contributed by atoms with Gasteiger partial charge in [0.25, 0.3) is 5.91 Å². The predicted octanol–water partition coefficient (Wildman–Crippen LogP) is 1.31. The third kappa shape index (κ3) is 2.26. The number of hydrogen-bond donors (Lipinski definition) is 1. The number of carbonyl (C=O) groups is 1. The van der Waals surface area contributed by atoms with Crippen LogP contribution in [0.25, 0.3) is 0 Å². The van der Waals surface area contributed by atoms with Gasteiger partial charge < -0.3 is 10.0 Å². The number of hydrogen-bond acceptors (Lipinski definition) is 2. The van der Waals surface area contributed by atoms with Crippen LogP contribution in [-0.4, -0.2) is 35.1 Å². The summed E-state index contributed by atoms with van der Waals surface area (Å²) in [6, 6.07) is 0.922. The highest BCUT2D eigenvalue weighted by Crippen LogP contribution is 2.19. The topological polar surface area (TPSA) is 40.5 Å². The molecule has 3 nitrogen and oxygen atoms in total. The van der Waals surface area contributed by atoms with Crippen molar-refractivity contribution in [2.45, 2.75) is 12.5 Å². The first kappa shape index (κ1) is 11.9. The quantitative estimate of drug-likeness (QED) is 0.810. The van der Waals surface area contributed by atoms with E-state index >= 15 is 0 Å². The second-order valence-corrected chi connectivity index (χ2v) is 3.94. The molecule has 1 atom stereocenters. The lowest BCUT2D eigenvalue weighted by atomic mass is 10.1. The molecule has 1 N–H and O–H groups in total. The standard InChI is InChI=1S/C11H10F3NO2/c12-6-3-8(13)10(9(14)4-6)11(17)15-2-1-7(16)5-15/h3-4,7,16H,1-2,5H2/t7-/m1/s1. The van der Waals surface area contributed by atoms with Crippen LogP contribution in [0, 0.1) is 17.5 Å². The lowest BCUT2D eigenvalue weighted by Gasteiger charge is -2.16. The molecule has 1 aromatic rings. The molecule has 1 amide bonds. The molecule has 0 spiro atoms. The second kappa shape index (κ2) is 4.37. The Morgan fingerprint density at radius 3 is 2.35 bits per heavy atom. The molecule has 0 bridgehead atoms. The number of likely N-dealkylation sites (tertiary alicyclic amines) is 1. The zero-order chi connectivity index (χ0) is 12.6. The van der Waals surface area contributed by atoms with Crippen LogP contribution in [-0.2, 0) is 0 Å². The number of aliphatic hydroxyl groups excluding tert-OH is 1. The second-order valence-electron chi connectivity index (χ2n) is 3.94. The van der Waals surface area contributed by atoms with E-state index in [1.807, 2.05) is 0 Å². The van der Waals surface area contributed by atoms with Crippen molar-refractivity contribution >= 4 is 5.91 Å². The Morgan fingerprint density at radius 2 is 1.88 bits per heavy atom. The highest BCUT2D eigenvalue weighted by atomic mass is 19.1. The Hall–Kier alpha value is -1.56. The van der Waals surface area contributed by atoms with Crippen LogP contribution in [0.15, 0.2) is 12.1 Å². The molecule has 6 heteroatoms. The van der Waals surface area contributed by atoms with E-state index in [0.29, 0.717) is 18.6 Å². The summed E-state index contributed by atoms with van der Waals surface area (Å²) in [5.41, 5.74) is -0.777. The number of nitrogens with zero attached hydrogens (tertiary/aromatic N) is 1. The number of carbonyl (C=O) groups excluding carboxylic acids is 1. The third-order valence-corrected chi connectivity index (χ3v) is 2.67. The Morgan fingerprint density at radius 1 is 1.29 bits per heavy atom. The monoisotopic (exact) mass is 245 g/mol. The lowest BCUT2D eigenvalue weighted by molar-refractivity contribution is 0.0755. The Labute approximate surface area is 95.5 Å². The summed E-state index contributed by atoms with van der Waals surface area (Å²) in [7, 11) is 0. The van der Waals surface area contributed by atoms with E-state index < -0.39 is 35.0 Å². The van der Waals surface area contributed by atoms with Crippen molar-refractivity contribution in [1.29, 1.82) is 0 Å². The molecule has 1 aromatic carbocycles. The van der Waals surface area contributed by atoms with E-state index in [1.165, 1.54) is 0 Å². The van der Waals surface area contributed by atoms with Crippen molar-refractivity contribution in [3.05, 3.63) is 35.1 Å². The summed E-state index contributed by atoms with van der Waals surface area (Å²) >= 11 is 0. The highest BCUT2D eigenvalue weighted by Gasteiger charge is 2.29. The molecule has 0 radical (unpaired) electrons. The maximum atomic E-state index is 13.3. The maximum absolute atomic E-state index is 13.3. The normalized spacial score (nSPS) is 19.8. The summed E-state index contributed by atoms with van der Waals surface area (Å²) in [6.07, 6.45) is -0.304. The summed E-state index contributed by atoms with van der Waals surface area (Å²) in [4.78, 5) is 12.9. The molecular weight excluding hydrogens is 235 g/mol. The SMILES string of the molecule is O=C(c1c(F)cc(F)cc1F)N1CC[C@@H](O)C1. The van der Waals surface area contributed by atoms with Gasteiger partial charge >= 0.3 is 0 Å². The summed E-state index contributed by atoms with van der Waals surface area (Å²) < 4.78 is 39.3. The van der Waals surface area contributed by atoms with Crippen molar-refractivity contribution in [2.75, 3.05) is 13.1 Å². The minimum Gasteiger partial charge on any atom is -0.391 e. The Kier molecular flexibility index (Phi) is 3.06. The van der Waals surface area contributed by atoms with Crippen LogP contribution in [0.2, 0.25) is 0 Å². The fourth-order valence-corrected chi connectivity index (χ4v) is 1.83. The molecule has 1 fully saturated rings. The van der Waals surface area contributed by atoms with E-state index in [4.69, 9.17) is 0 Å². The first-order valence-electron chi connectivity index (χ1n) is 5.11. The maximum Gasteiger partial charge on any atom is 0.259 e. The van der Waals surface area contributed by atoms with Crippen LogP contribution in [0.5, 0.6) is 0 Å². The van der Waals surface area contributed by atoms with Gasteiger partial charge in [-0.1, -0.05) is 0 Å². The molecule has 0 aromatic heterocycles. The predicted molar refractivity (Wildman–Crippen MR) is 52.8 cm³/mol. The van der Waals surface area contributed by atoms with Crippen molar-refractivity contribution in [3.8, 4) is 0 Å². The van der Waals surface area contributed by atoms with Crippen molar-refractivity contribution < 1.29 is 23.1 Å². The van der Waals surface area contributed by atoms with Gasteiger partial charge in [-0.2, -0.15) is 0 Å². The smallest absolute Gasteiger partial charge is 0.259 e. The molecule has 1 saturated heterocycles. The molecule has 0 saturated carbocycles. The Balaban J connectivity index is 2.31. The van der Waals surface area contributed by atoms with Crippen molar-refractivity contribution in [2.24, 2.45) is 0 Å². The van der Waals surface area contributed by atoms with Gasteiger partial charge in [0.1, 0.15) is 23.0 Å². The summed E-state index contributed by atoms with van der Waals surface area (Å²) in [5, 5.41) is 9.24. The van der Waals surface area contributed by atoms with Gasteiger partial charge in [-0.25, -0.2) is 13.2 Å². The van der Waals surface area contributed by atoms with Gasteiger partial charge in [0.15, 0.2) is 0 Å². The first-order valence-corrected chi connectivity index (χ1v) is 5.11. The largest absolute Gasteiger partial charge is 0.391 e. The van der Waals surface area contributed by atoms with Crippen LogP contribution >= 0.6 is 0 Å². The highest BCUT2D eigenvalue weighted by molar-refractivity contribution is 5.95. The van der Waals surface area contributed by atoms with Gasteiger partial charge in [-0.05, 0) is 6.42 Å². The van der Waals surface area contributed by atoms with Crippen LogP contribution < -0.4 is 0 Å². The van der Waals surface area contributed by atoms with Crippen LogP contribution in [0.1, 0.15) is 16.8 Å². The fourth-order valence-electron chi connectivity index (χ4n) is 1.83. The van der Waals surface area contributed by atoms with E-state index in [1.54, 1.807) is 0 Å². The molecule has 17 heavy (non-hydrogen) atoms. The number of amides is 1. The number of aliphatic hydroxyl groups is 1. The summed E-state index contributed by atoms with van der Waals surface area (Å²) in [5.74, 6) is -4.39. The number of rotatable bonds is 1. The minimum absolute atomic E-state index is 0.0368. The lowest BCUT2D eigenvalue weighted by Crippen LogP contribution is -2.31. The van der Waals surface area contributed by atoms with Crippen LogP contribution in [0.3, 0.4) is 0 Å². The van der Waals surface area contributed by atoms with Gasteiger partial charge in [0, 0.05) is 25.2 Å². The first-order chi connectivity index (χ1) is 7.99. The molecule has 1 aliphatic heterocycles.